The Labute approximate surface area is 157 Å². The predicted octanol–water partition coefficient (Wildman–Crippen LogP) is 4.68. The summed E-state index contributed by atoms with van der Waals surface area (Å²) in [6.07, 6.45) is 6.65. The summed E-state index contributed by atoms with van der Waals surface area (Å²) in [6, 6.07) is 7.94. The molecule has 26 heavy (non-hydrogen) atoms. The molecule has 0 spiro atoms. The van der Waals surface area contributed by atoms with Gasteiger partial charge in [-0.1, -0.05) is 0 Å². The molecular formula is C20H22N4OS. The molecule has 134 valence electrons. The zero-order valence-corrected chi connectivity index (χ0v) is 15.9. The van der Waals surface area contributed by atoms with Crippen molar-refractivity contribution in [1.29, 1.82) is 0 Å². The Hall–Kier alpha value is -2.73. The number of nitrogens with zero attached hydrogens (tertiary/aromatic N) is 2. The number of nitrogens with one attached hydrogen (secondary N) is 2. The number of allylic oxidation sites excluding steroid dienone is 3. The molecule has 1 aromatic carbocycles. The van der Waals surface area contributed by atoms with Crippen molar-refractivity contribution in [2.24, 2.45) is 0 Å². The van der Waals surface area contributed by atoms with E-state index >= 15 is 0 Å². The standard InChI is InChI=1S/C20H22N4OS/c1-4-25-16-7-5-15(6-8-16)22-20-23-17(12-26-20)19-14(3)21-18-11-13(2)9-10-24(18)19/h5-12,18,21H,4H2,1-3H3,(H,22,23). The van der Waals surface area contributed by atoms with Gasteiger partial charge in [-0.2, -0.15) is 0 Å². The van der Waals surface area contributed by atoms with Gasteiger partial charge in [-0.05, 0) is 62.8 Å². The maximum absolute atomic E-state index is 5.48. The Bertz CT molecular complexity index is 895. The lowest BCUT2D eigenvalue weighted by Gasteiger charge is -2.25. The van der Waals surface area contributed by atoms with E-state index in [0.29, 0.717) is 6.61 Å². The third-order valence-electron chi connectivity index (χ3n) is 4.36. The molecule has 0 radical (unpaired) electrons. The number of hydrogen-bond acceptors (Lipinski definition) is 6. The summed E-state index contributed by atoms with van der Waals surface area (Å²) in [7, 11) is 0. The lowest BCUT2D eigenvalue weighted by atomic mass is 10.2. The topological polar surface area (TPSA) is 49.4 Å². The van der Waals surface area contributed by atoms with Gasteiger partial charge in [0.15, 0.2) is 5.13 Å². The van der Waals surface area contributed by atoms with Crippen LogP contribution in [0.2, 0.25) is 0 Å². The zero-order valence-electron chi connectivity index (χ0n) is 15.1. The van der Waals surface area contributed by atoms with Gasteiger partial charge in [-0.3, -0.25) is 0 Å². The highest BCUT2D eigenvalue weighted by Gasteiger charge is 2.30. The highest BCUT2D eigenvalue weighted by molar-refractivity contribution is 7.13. The minimum Gasteiger partial charge on any atom is -0.494 e. The van der Waals surface area contributed by atoms with Crippen molar-refractivity contribution in [3.63, 3.8) is 0 Å². The van der Waals surface area contributed by atoms with Crippen molar-refractivity contribution in [3.8, 4) is 5.75 Å². The monoisotopic (exact) mass is 366 g/mol. The van der Waals surface area contributed by atoms with E-state index in [-0.39, 0.29) is 6.17 Å². The molecule has 0 aliphatic carbocycles. The quantitative estimate of drug-likeness (QED) is 0.805. The Balaban J connectivity index is 1.51. The summed E-state index contributed by atoms with van der Waals surface area (Å²) in [6.45, 7) is 6.87. The Morgan fingerprint density at radius 3 is 2.85 bits per heavy atom. The summed E-state index contributed by atoms with van der Waals surface area (Å²) in [5, 5.41) is 9.86. The van der Waals surface area contributed by atoms with Gasteiger partial charge in [-0.15, -0.1) is 11.3 Å². The maximum Gasteiger partial charge on any atom is 0.187 e. The van der Waals surface area contributed by atoms with Crippen LogP contribution in [0.3, 0.4) is 0 Å². The molecule has 0 saturated heterocycles. The van der Waals surface area contributed by atoms with Crippen LogP contribution in [-0.2, 0) is 0 Å². The first-order chi connectivity index (χ1) is 12.6. The van der Waals surface area contributed by atoms with Crippen molar-refractivity contribution in [2.45, 2.75) is 26.9 Å². The highest BCUT2D eigenvalue weighted by atomic mass is 32.1. The molecule has 1 aromatic heterocycles. The third kappa shape index (κ3) is 3.20. The molecule has 1 unspecified atom stereocenters. The molecule has 5 nitrogen and oxygen atoms in total. The van der Waals surface area contributed by atoms with Crippen LogP contribution in [0, 0.1) is 0 Å². The molecule has 1 atom stereocenters. The van der Waals surface area contributed by atoms with Crippen LogP contribution >= 0.6 is 11.3 Å². The van der Waals surface area contributed by atoms with Gasteiger partial charge in [0.05, 0.1) is 12.3 Å². The Morgan fingerprint density at radius 2 is 2.08 bits per heavy atom. The average Bonchev–Trinajstić information content (AvgIpc) is 3.19. The van der Waals surface area contributed by atoms with Gasteiger partial charge in [0.25, 0.3) is 0 Å². The van der Waals surface area contributed by atoms with Crippen LogP contribution in [0.5, 0.6) is 5.75 Å². The van der Waals surface area contributed by atoms with Crippen LogP contribution in [0.4, 0.5) is 10.8 Å². The molecule has 0 bridgehead atoms. The number of thiazole rings is 1. The molecule has 0 amide bonds. The molecule has 2 aliphatic rings. The average molecular weight is 366 g/mol. The van der Waals surface area contributed by atoms with E-state index < -0.39 is 0 Å². The van der Waals surface area contributed by atoms with E-state index in [2.05, 4.69) is 53.1 Å². The summed E-state index contributed by atoms with van der Waals surface area (Å²) in [4.78, 5) is 7.02. The minimum absolute atomic E-state index is 0.180. The molecule has 0 fully saturated rings. The number of benzene rings is 1. The largest absolute Gasteiger partial charge is 0.494 e. The van der Waals surface area contributed by atoms with Gasteiger partial charge in [0, 0.05) is 23.0 Å². The van der Waals surface area contributed by atoms with E-state index in [1.807, 2.05) is 31.2 Å². The van der Waals surface area contributed by atoms with Crippen molar-refractivity contribution in [3.05, 3.63) is 65.0 Å². The van der Waals surface area contributed by atoms with Gasteiger partial charge in [0.2, 0.25) is 0 Å². The number of fused-ring (bicyclic) bond motifs is 1. The second kappa shape index (κ2) is 6.88. The van der Waals surface area contributed by atoms with Crippen LogP contribution in [0.15, 0.2) is 59.3 Å². The zero-order chi connectivity index (χ0) is 18.1. The summed E-state index contributed by atoms with van der Waals surface area (Å²) in [5.74, 6) is 0.877. The number of hydrogen-bond donors (Lipinski definition) is 2. The van der Waals surface area contributed by atoms with Crippen molar-refractivity contribution >= 4 is 27.9 Å². The fourth-order valence-corrected chi connectivity index (χ4v) is 3.89. The Kier molecular flexibility index (Phi) is 4.42. The molecule has 4 rings (SSSR count). The van der Waals surface area contributed by atoms with Crippen molar-refractivity contribution in [2.75, 3.05) is 11.9 Å². The van der Waals surface area contributed by atoms with Crippen LogP contribution in [0.1, 0.15) is 26.5 Å². The predicted molar refractivity (Wildman–Crippen MR) is 107 cm³/mol. The normalized spacial score (nSPS) is 18.5. The van der Waals surface area contributed by atoms with E-state index in [9.17, 15) is 0 Å². The third-order valence-corrected chi connectivity index (χ3v) is 5.12. The van der Waals surface area contributed by atoms with E-state index in [1.165, 1.54) is 5.57 Å². The SMILES string of the molecule is CCOc1ccc(Nc2nc(C3=C(C)NC4C=C(C)C=CN34)cs2)cc1. The number of rotatable bonds is 5. The molecule has 3 heterocycles. The second-order valence-electron chi connectivity index (χ2n) is 6.32. The van der Waals surface area contributed by atoms with Crippen LogP contribution in [0.25, 0.3) is 5.70 Å². The van der Waals surface area contributed by atoms with Gasteiger partial charge >= 0.3 is 0 Å². The maximum atomic E-state index is 5.48. The molecule has 0 saturated carbocycles. The van der Waals surface area contributed by atoms with Gasteiger partial charge in [-0.25, -0.2) is 4.98 Å². The molecule has 2 N–H and O–H groups in total. The van der Waals surface area contributed by atoms with Crippen molar-refractivity contribution < 1.29 is 4.74 Å². The van der Waals surface area contributed by atoms with E-state index in [1.54, 1.807) is 11.3 Å². The first-order valence-electron chi connectivity index (χ1n) is 8.72. The first-order valence-corrected chi connectivity index (χ1v) is 9.60. The lowest BCUT2D eigenvalue weighted by Crippen LogP contribution is -2.33. The summed E-state index contributed by atoms with van der Waals surface area (Å²) in [5.41, 5.74) is 5.52. The van der Waals surface area contributed by atoms with E-state index in [4.69, 9.17) is 9.72 Å². The van der Waals surface area contributed by atoms with Gasteiger partial charge in [0.1, 0.15) is 17.6 Å². The van der Waals surface area contributed by atoms with Crippen LogP contribution < -0.4 is 15.4 Å². The summed E-state index contributed by atoms with van der Waals surface area (Å²) >= 11 is 1.61. The molecule has 2 aromatic rings. The second-order valence-corrected chi connectivity index (χ2v) is 7.17. The molecule has 6 heteroatoms. The fourth-order valence-electron chi connectivity index (χ4n) is 3.17. The van der Waals surface area contributed by atoms with Crippen molar-refractivity contribution in [1.82, 2.24) is 15.2 Å². The van der Waals surface area contributed by atoms with Crippen LogP contribution in [-0.4, -0.2) is 22.7 Å². The number of aromatic nitrogens is 1. The highest BCUT2D eigenvalue weighted by Crippen LogP contribution is 2.34. The van der Waals surface area contributed by atoms with E-state index in [0.717, 1.165) is 33.7 Å². The van der Waals surface area contributed by atoms with Gasteiger partial charge < -0.3 is 20.3 Å². The fraction of sp³-hybridized carbons (Fsp3) is 0.250. The first kappa shape index (κ1) is 16.7. The lowest BCUT2D eigenvalue weighted by molar-refractivity contribution is 0.340. The summed E-state index contributed by atoms with van der Waals surface area (Å²) < 4.78 is 5.48. The number of ether oxygens (including phenoxy) is 1. The number of anilines is 2. The Morgan fingerprint density at radius 1 is 1.27 bits per heavy atom. The smallest absolute Gasteiger partial charge is 0.187 e. The molecule has 2 aliphatic heterocycles. The minimum atomic E-state index is 0.180. The molecular weight excluding hydrogens is 344 g/mol.